The summed E-state index contributed by atoms with van der Waals surface area (Å²) < 4.78 is 14.7. The maximum Gasteiger partial charge on any atom is 1.00 e. The van der Waals surface area contributed by atoms with E-state index in [1.54, 1.807) is 0 Å². The Hall–Kier alpha value is -0.983. The molecule has 0 unspecified atom stereocenters. The summed E-state index contributed by atoms with van der Waals surface area (Å²) >= 11 is 0. The van der Waals surface area contributed by atoms with E-state index >= 15 is 0 Å². The molecule has 1 rings (SSSR count). The minimum Gasteiger partial charge on any atom is -0.867 e. The van der Waals surface area contributed by atoms with Gasteiger partial charge in [0.1, 0.15) is 17.2 Å². The van der Waals surface area contributed by atoms with Crippen molar-refractivity contribution in [3.63, 3.8) is 0 Å². The first-order valence-corrected chi connectivity index (χ1v) is 3.70. The summed E-state index contributed by atoms with van der Waals surface area (Å²) in [6.45, 7) is 0. The fourth-order valence-electron chi connectivity index (χ4n) is 0.974. The van der Waals surface area contributed by atoms with Crippen molar-refractivity contribution < 1.29 is 38.2 Å². The van der Waals surface area contributed by atoms with Gasteiger partial charge in [-0.05, 0) is 5.75 Å². The van der Waals surface area contributed by atoms with Gasteiger partial charge in [0.15, 0.2) is 0 Å². The maximum absolute atomic E-state index is 11.4. The van der Waals surface area contributed by atoms with E-state index in [1.165, 1.54) is 33.5 Å². The van der Waals surface area contributed by atoms with Crippen LogP contribution in [-0.4, -0.2) is 21.3 Å². The molecule has 0 atom stereocenters. The minimum atomic E-state index is -0.272. The smallest absolute Gasteiger partial charge is 0.867 e. The number of hydrogen-bond donors (Lipinski definition) is 0. The van der Waals surface area contributed by atoms with Crippen LogP contribution in [0, 0.1) is 0 Å². The fraction of sp³-hybridized carbons (Fsp3) is 0.333. The van der Waals surface area contributed by atoms with Crippen LogP contribution in [0.5, 0.6) is 23.0 Å². The second kappa shape index (κ2) is 5.69. The second-order valence-electron chi connectivity index (χ2n) is 2.36. The molecule has 0 saturated heterocycles. The molecule has 0 aromatic heterocycles. The van der Waals surface area contributed by atoms with E-state index < -0.39 is 0 Å². The van der Waals surface area contributed by atoms with Crippen molar-refractivity contribution >= 4 is 0 Å². The van der Waals surface area contributed by atoms with Crippen LogP contribution in [-0.2, 0) is 0 Å². The predicted octanol–water partition coefficient (Wildman–Crippen LogP) is -2.21. The zero-order valence-electron chi connectivity index (χ0n) is 8.79. The Morgan fingerprint density at radius 1 is 0.929 bits per heavy atom. The molecule has 0 aliphatic carbocycles. The largest absolute Gasteiger partial charge is 1.00 e. The number of ether oxygens (including phenoxy) is 3. The Labute approximate surface area is 95.0 Å². The van der Waals surface area contributed by atoms with Gasteiger partial charge in [-0.2, -0.15) is 0 Å². The maximum atomic E-state index is 11.4. The molecule has 0 bridgehead atoms. The summed E-state index contributed by atoms with van der Waals surface area (Å²) in [5, 5.41) is 11.4. The quantitative estimate of drug-likeness (QED) is 0.507. The molecule has 0 aliphatic heterocycles. The monoisotopic (exact) mass is 190 g/mol. The molecule has 5 heteroatoms. The van der Waals surface area contributed by atoms with Gasteiger partial charge in [-0.25, -0.2) is 0 Å². The van der Waals surface area contributed by atoms with Crippen molar-refractivity contribution in [1.29, 1.82) is 0 Å². The molecule has 14 heavy (non-hydrogen) atoms. The normalized spacial score (nSPS) is 8.79. The van der Waals surface area contributed by atoms with Crippen LogP contribution in [0.25, 0.3) is 0 Å². The van der Waals surface area contributed by atoms with Crippen molar-refractivity contribution in [2.75, 3.05) is 21.3 Å². The molecule has 0 spiro atoms. The van der Waals surface area contributed by atoms with E-state index in [4.69, 9.17) is 14.2 Å². The summed E-state index contributed by atoms with van der Waals surface area (Å²) in [7, 11) is 4.36. The number of benzene rings is 1. The SMILES string of the molecule is COc1cc(OC)c([O-])c(OC)c1.[Li+]. The zero-order chi connectivity index (χ0) is 9.84. The van der Waals surface area contributed by atoms with Crippen LogP contribution in [0.1, 0.15) is 0 Å². The molecule has 0 saturated carbocycles. The molecular formula is C9H11LiO4. The Bertz CT molecular complexity index is 276. The van der Waals surface area contributed by atoms with Gasteiger partial charge in [-0.3, -0.25) is 0 Å². The standard InChI is InChI=1S/C9H12O4.Li/c1-11-6-4-7(12-2)9(10)8(5-6)13-3;/h4-5,10H,1-3H3;/q;+1/p-1. The Balaban J connectivity index is 0.00000169. The molecule has 4 nitrogen and oxygen atoms in total. The topological polar surface area (TPSA) is 50.8 Å². The van der Waals surface area contributed by atoms with Crippen LogP contribution in [0.2, 0.25) is 0 Å². The molecule has 0 fully saturated rings. The van der Waals surface area contributed by atoms with E-state index in [-0.39, 0.29) is 36.1 Å². The first-order chi connectivity index (χ1) is 6.22. The Morgan fingerprint density at radius 2 is 1.36 bits per heavy atom. The van der Waals surface area contributed by atoms with Gasteiger partial charge < -0.3 is 19.3 Å². The third kappa shape index (κ3) is 2.50. The van der Waals surface area contributed by atoms with Crippen molar-refractivity contribution in [2.45, 2.75) is 0 Å². The van der Waals surface area contributed by atoms with Gasteiger partial charge in [0.05, 0.1) is 21.3 Å². The van der Waals surface area contributed by atoms with E-state index in [9.17, 15) is 5.11 Å². The van der Waals surface area contributed by atoms with E-state index in [2.05, 4.69) is 0 Å². The van der Waals surface area contributed by atoms with Crippen LogP contribution >= 0.6 is 0 Å². The van der Waals surface area contributed by atoms with Crippen molar-refractivity contribution in [3.05, 3.63) is 12.1 Å². The van der Waals surface area contributed by atoms with Crippen molar-refractivity contribution in [2.24, 2.45) is 0 Å². The number of rotatable bonds is 3. The molecule has 72 valence electrons. The zero-order valence-corrected chi connectivity index (χ0v) is 8.79. The van der Waals surface area contributed by atoms with Gasteiger partial charge in [-0.15, -0.1) is 0 Å². The third-order valence-corrected chi connectivity index (χ3v) is 1.67. The molecule has 0 radical (unpaired) electrons. The summed E-state index contributed by atoms with van der Waals surface area (Å²) in [6, 6.07) is 3.04. The molecule has 1 aromatic carbocycles. The van der Waals surface area contributed by atoms with Crippen LogP contribution in [0.3, 0.4) is 0 Å². The molecular weight excluding hydrogens is 179 g/mol. The second-order valence-corrected chi connectivity index (χ2v) is 2.36. The van der Waals surface area contributed by atoms with Gasteiger partial charge >= 0.3 is 18.9 Å². The molecule has 0 heterocycles. The Morgan fingerprint density at radius 3 is 1.64 bits per heavy atom. The van der Waals surface area contributed by atoms with E-state index in [1.807, 2.05) is 0 Å². The van der Waals surface area contributed by atoms with Crippen molar-refractivity contribution in [1.82, 2.24) is 0 Å². The van der Waals surface area contributed by atoms with Crippen LogP contribution < -0.4 is 38.2 Å². The summed E-state index contributed by atoms with van der Waals surface area (Å²) in [4.78, 5) is 0. The number of methoxy groups -OCH3 is 3. The molecule has 0 amide bonds. The average molecular weight is 190 g/mol. The molecule has 0 N–H and O–H groups in total. The average Bonchev–Trinajstić information content (AvgIpc) is 2.18. The van der Waals surface area contributed by atoms with Crippen LogP contribution in [0.15, 0.2) is 12.1 Å². The minimum absolute atomic E-state index is 0. The summed E-state index contributed by atoms with van der Waals surface area (Å²) in [6.07, 6.45) is 0. The molecule has 0 aliphatic rings. The predicted molar refractivity (Wildman–Crippen MR) is 45.5 cm³/mol. The van der Waals surface area contributed by atoms with E-state index in [0.717, 1.165) is 0 Å². The van der Waals surface area contributed by atoms with Gasteiger partial charge in [0, 0.05) is 12.1 Å². The first-order valence-electron chi connectivity index (χ1n) is 3.70. The first kappa shape index (κ1) is 13.0. The summed E-state index contributed by atoms with van der Waals surface area (Å²) in [5.41, 5.74) is 0. The summed E-state index contributed by atoms with van der Waals surface area (Å²) in [5.74, 6) is 0.700. The number of hydrogen-bond acceptors (Lipinski definition) is 4. The van der Waals surface area contributed by atoms with Crippen LogP contribution in [0.4, 0.5) is 0 Å². The van der Waals surface area contributed by atoms with Gasteiger partial charge in [0.25, 0.3) is 0 Å². The van der Waals surface area contributed by atoms with Crippen molar-refractivity contribution in [3.8, 4) is 23.0 Å². The Kier molecular flexibility index (Phi) is 5.29. The van der Waals surface area contributed by atoms with Gasteiger partial charge in [0.2, 0.25) is 0 Å². The third-order valence-electron chi connectivity index (χ3n) is 1.67. The van der Waals surface area contributed by atoms with E-state index in [0.29, 0.717) is 5.75 Å². The van der Waals surface area contributed by atoms with Gasteiger partial charge in [-0.1, -0.05) is 0 Å². The fourth-order valence-corrected chi connectivity index (χ4v) is 0.974. The molecule has 1 aromatic rings.